The quantitative estimate of drug-likeness (QED) is 0.560. The Morgan fingerprint density at radius 3 is 2.50 bits per heavy atom. The van der Waals surface area contributed by atoms with Gasteiger partial charge in [0.1, 0.15) is 5.75 Å². The topological polar surface area (TPSA) is 71.5 Å². The van der Waals surface area contributed by atoms with Gasteiger partial charge in [-0.15, -0.1) is 24.5 Å². The van der Waals surface area contributed by atoms with Gasteiger partial charge in [-0.25, -0.2) is 4.98 Å². The van der Waals surface area contributed by atoms with Gasteiger partial charge in [0.25, 0.3) is 0 Å². The highest BCUT2D eigenvalue weighted by Crippen LogP contribution is 2.24. The van der Waals surface area contributed by atoms with Crippen LogP contribution in [-0.4, -0.2) is 28.9 Å². The zero-order chi connectivity index (χ0) is 21.6. The zero-order valence-electron chi connectivity index (χ0n) is 15.7. The first-order valence-corrected chi connectivity index (χ1v) is 9.94. The predicted molar refractivity (Wildman–Crippen MR) is 106 cm³/mol. The number of aliphatic hydroxyl groups is 1. The number of rotatable bonds is 8. The summed E-state index contributed by atoms with van der Waals surface area (Å²) in [5.41, 5.74) is 2.15. The maximum atomic E-state index is 12.2. The number of benzene rings is 2. The van der Waals surface area contributed by atoms with Gasteiger partial charge in [0.2, 0.25) is 5.91 Å². The van der Waals surface area contributed by atoms with Gasteiger partial charge in [0, 0.05) is 18.3 Å². The van der Waals surface area contributed by atoms with Gasteiger partial charge in [0.05, 0.1) is 23.2 Å². The summed E-state index contributed by atoms with van der Waals surface area (Å²) in [7, 11) is 0. The maximum absolute atomic E-state index is 12.2. The van der Waals surface area contributed by atoms with E-state index >= 15 is 0 Å². The van der Waals surface area contributed by atoms with E-state index in [1.165, 1.54) is 23.5 Å². The highest BCUT2D eigenvalue weighted by atomic mass is 32.1. The normalized spacial score (nSPS) is 12.4. The van der Waals surface area contributed by atoms with Crippen molar-refractivity contribution < 1.29 is 27.8 Å². The number of nitrogens with one attached hydrogen (secondary N) is 1. The zero-order valence-corrected chi connectivity index (χ0v) is 16.5. The third-order valence-electron chi connectivity index (χ3n) is 4.13. The molecule has 2 aromatic carbocycles. The van der Waals surface area contributed by atoms with E-state index in [0.717, 1.165) is 22.7 Å². The lowest BCUT2D eigenvalue weighted by Gasteiger charge is -2.13. The Kier molecular flexibility index (Phi) is 7.07. The molecular weight excluding hydrogens is 417 g/mol. The fourth-order valence-corrected chi connectivity index (χ4v) is 3.56. The van der Waals surface area contributed by atoms with Crippen molar-refractivity contribution in [3.8, 4) is 5.75 Å². The van der Waals surface area contributed by atoms with Crippen LogP contribution in [0.25, 0.3) is 0 Å². The van der Waals surface area contributed by atoms with E-state index in [2.05, 4.69) is 15.0 Å². The number of carbonyl (C=O) groups is 1. The Morgan fingerprint density at radius 1 is 1.13 bits per heavy atom. The van der Waals surface area contributed by atoms with Gasteiger partial charge in [-0.1, -0.05) is 42.5 Å². The molecule has 0 aliphatic carbocycles. The van der Waals surface area contributed by atoms with E-state index in [1.807, 2.05) is 35.7 Å². The van der Waals surface area contributed by atoms with Gasteiger partial charge in [-0.05, 0) is 23.3 Å². The molecule has 0 radical (unpaired) electrons. The van der Waals surface area contributed by atoms with Gasteiger partial charge in [0.15, 0.2) is 0 Å². The molecule has 0 saturated heterocycles. The van der Waals surface area contributed by atoms with Crippen LogP contribution in [0.3, 0.4) is 0 Å². The third kappa shape index (κ3) is 6.85. The molecule has 2 N–H and O–H groups in total. The van der Waals surface area contributed by atoms with Crippen molar-refractivity contribution in [3.63, 3.8) is 0 Å². The molecule has 0 bridgehead atoms. The molecule has 158 valence electrons. The summed E-state index contributed by atoms with van der Waals surface area (Å²) in [6.45, 7) is -0.0701. The molecule has 5 nitrogen and oxygen atoms in total. The number of aromatic nitrogens is 1. The van der Waals surface area contributed by atoms with E-state index in [-0.39, 0.29) is 24.6 Å². The predicted octanol–water partition coefficient (Wildman–Crippen LogP) is 4.02. The fraction of sp³-hybridized carbons (Fsp3) is 0.238. The summed E-state index contributed by atoms with van der Waals surface area (Å²) >= 11 is 1.48. The minimum atomic E-state index is -4.77. The Bertz CT molecular complexity index is 960. The number of aliphatic hydroxyl groups excluding tert-OH is 1. The molecule has 0 spiro atoms. The molecule has 1 amide bonds. The van der Waals surface area contributed by atoms with Crippen LogP contribution in [0, 0.1) is 0 Å². The number of nitrogens with zero attached hydrogens (tertiary/aromatic N) is 1. The second-order valence-electron chi connectivity index (χ2n) is 6.51. The van der Waals surface area contributed by atoms with E-state index in [4.69, 9.17) is 0 Å². The van der Waals surface area contributed by atoms with Crippen molar-refractivity contribution in [1.29, 1.82) is 0 Å². The first-order valence-electron chi connectivity index (χ1n) is 9.06. The maximum Gasteiger partial charge on any atom is 0.573 e. The summed E-state index contributed by atoms with van der Waals surface area (Å²) in [4.78, 5) is 16.6. The van der Waals surface area contributed by atoms with Crippen LogP contribution in [0.15, 0.2) is 60.0 Å². The fourth-order valence-electron chi connectivity index (χ4n) is 2.73. The SMILES string of the molecule is O=C(Cc1csc(Cc2ccccc2)n1)NCC(O)c1ccc(OC(F)(F)F)cc1. The molecule has 3 aromatic rings. The Hall–Kier alpha value is -2.91. The smallest absolute Gasteiger partial charge is 0.406 e. The van der Waals surface area contributed by atoms with Crippen LogP contribution < -0.4 is 10.1 Å². The van der Waals surface area contributed by atoms with E-state index in [9.17, 15) is 23.1 Å². The van der Waals surface area contributed by atoms with Crippen molar-refractivity contribution in [2.45, 2.75) is 25.3 Å². The first-order chi connectivity index (χ1) is 14.3. The van der Waals surface area contributed by atoms with Gasteiger partial charge >= 0.3 is 6.36 Å². The van der Waals surface area contributed by atoms with E-state index in [1.54, 1.807) is 0 Å². The van der Waals surface area contributed by atoms with Crippen LogP contribution >= 0.6 is 11.3 Å². The summed E-state index contributed by atoms with van der Waals surface area (Å²) < 4.78 is 40.3. The molecule has 1 atom stereocenters. The second-order valence-corrected chi connectivity index (χ2v) is 7.45. The van der Waals surface area contributed by atoms with Crippen LogP contribution in [0.1, 0.15) is 27.9 Å². The largest absolute Gasteiger partial charge is 0.573 e. The van der Waals surface area contributed by atoms with Crippen molar-refractivity contribution in [1.82, 2.24) is 10.3 Å². The highest BCUT2D eigenvalue weighted by molar-refractivity contribution is 7.09. The monoisotopic (exact) mass is 436 g/mol. The highest BCUT2D eigenvalue weighted by Gasteiger charge is 2.31. The Labute approximate surface area is 175 Å². The summed E-state index contributed by atoms with van der Waals surface area (Å²) in [5.74, 6) is -0.681. The van der Waals surface area contributed by atoms with Gasteiger partial charge in [-0.3, -0.25) is 4.79 Å². The summed E-state index contributed by atoms with van der Waals surface area (Å²) in [6.07, 6.45) is -5.06. The average Bonchev–Trinajstić information content (AvgIpc) is 3.13. The van der Waals surface area contributed by atoms with E-state index in [0.29, 0.717) is 17.7 Å². The van der Waals surface area contributed by atoms with Crippen molar-refractivity contribution in [2.24, 2.45) is 0 Å². The number of hydrogen-bond acceptors (Lipinski definition) is 5. The van der Waals surface area contributed by atoms with Crippen LogP contribution in [0.5, 0.6) is 5.75 Å². The van der Waals surface area contributed by atoms with Crippen molar-refractivity contribution >= 4 is 17.2 Å². The lowest BCUT2D eigenvalue weighted by molar-refractivity contribution is -0.274. The standard InChI is InChI=1S/C21H19F3N2O3S/c22-21(23,24)29-17-8-6-15(7-9-17)18(27)12-25-19(28)11-16-13-30-20(26-16)10-14-4-2-1-3-5-14/h1-9,13,18,27H,10-12H2,(H,25,28). The Balaban J connectivity index is 1.46. The summed E-state index contributed by atoms with van der Waals surface area (Å²) in [5, 5.41) is 15.5. The van der Waals surface area contributed by atoms with Crippen LogP contribution in [0.4, 0.5) is 13.2 Å². The number of ether oxygens (including phenoxy) is 1. The molecule has 0 saturated carbocycles. The third-order valence-corrected chi connectivity index (χ3v) is 5.03. The molecule has 1 unspecified atom stereocenters. The number of carbonyl (C=O) groups excluding carboxylic acids is 1. The second kappa shape index (κ2) is 9.73. The number of amides is 1. The molecule has 30 heavy (non-hydrogen) atoms. The summed E-state index contributed by atoms with van der Waals surface area (Å²) in [6, 6.07) is 14.7. The molecule has 9 heteroatoms. The van der Waals surface area contributed by atoms with Gasteiger partial charge in [-0.2, -0.15) is 0 Å². The molecule has 0 aliphatic rings. The van der Waals surface area contributed by atoms with Crippen molar-refractivity contribution in [3.05, 3.63) is 81.8 Å². The average molecular weight is 436 g/mol. The number of hydrogen-bond donors (Lipinski definition) is 2. The molecule has 0 aliphatic heterocycles. The van der Waals surface area contributed by atoms with Crippen LogP contribution in [-0.2, 0) is 17.6 Å². The molecule has 1 aromatic heterocycles. The molecule has 3 rings (SSSR count). The van der Waals surface area contributed by atoms with Crippen LogP contribution in [0.2, 0.25) is 0 Å². The minimum absolute atomic E-state index is 0.0701. The first kappa shape index (κ1) is 21.8. The lowest BCUT2D eigenvalue weighted by atomic mass is 10.1. The van der Waals surface area contributed by atoms with Gasteiger partial charge < -0.3 is 15.2 Å². The molecular formula is C21H19F3N2O3S. The number of halogens is 3. The molecule has 1 heterocycles. The molecule has 0 fully saturated rings. The number of thiazole rings is 1. The number of alkyl halides is 3. The Morgan fingerprint density at radius 2 is 1.83 bits per heavy atom. The van der Waals surface area contributed by atoms with Crippen molar-refractivity contribution in [2.75, 3.05) is 6.54 Å². The minimum Gasteiger partial charge on any atom is -0.406 e. The van der Waals surface area contributed by atoms with E-state index < -0.39 is 12.5 Å². The lowest BCUT2D eigenvalue weighted by Crippen LogP contribution is -2.29.